The van der Waals surface area contributed by atoms with Gasteiger partial charge in [-0.05, 0) is 20.9 Å². The minimum atomic E-state index is -0.980. The zero-order valence-corrected chi connectivity index (χ0v) is 12.7. The van der Waals surface area contributed by atoms with E-state index in [2.05, 4.69) is 21.9 Å². The van der Waals surface area contributed by atoms with Crippen molar-refractivity contribution < 1.29 is 14.6 Å². The molecule has 20 heavy (non-hydrogen) atoms. The van der Waals surface area contributed by atoms with Gasteiger partial charge in [-0.25, -0.2) is 14.8 Å². The molecule has 1 fully saturated rings. The first-order valence-electron chi connectivity index (χ1n) is 6.49. The summed E-state index contributed by atoms with van der Waals surface area (Å²) >= 11 is 1.43. The first kappa shape index (κ1) is 15.2. The number of ether oxygens (including phenoxy) is 1. The van der Waals surface area contributed by atoms with Gasteiger partial charge in [0.2, 0.25) is 0 Å². The smallest absolute Gasteiger partial charge is 0.340 e. The molecular weight excluding hydrogens is 278 g/mol. The molecular formula is C13H19N3O3S. The number of nitrogens with zero attached hydrogens (tertiary/aromatic N) is 3. The van der Waals surface area contributed by atoms with E-state index in [1.165, 1.54) is 11.8 Å². The number of aromatic nitrogens is 2. The number of carboxylic acids is 1. The molecule has 1 unspecified atom stereocenters. The van der Waals surface area contributed by atoms with Crippen LogP contribution in [0.25, 0.3) is 0 Å². The van der Waals surface area contributed by atoms with Gasteiger partial charge in [0.25, 0.3) is 0 Å². The summed E-state index contributed by atoms with van der Waals surface area (Å²) in [5.74, 6) is 0.309. The summed E-state index contributed by atoms with van der Waals surface area (Å²) in [6.07, 6.45) is 0.107. The lowest BCUT2D eigenvalue weighted by Gasteiger charge is -2.29. The van der Waals surface area contributed by atoms with Crippen LogP contribution in [0.1, 0.15) is 21.9 Å². The second-order valence-corrected chi connectivity index (χ2v) is 5.92. The normalized spacial score (nSPS) is 20.1. The highest BCUT2D eigenvalue weighted by Gasteiger charge is 2.21. The van der Waals surface area contributed by atoms with Crippen molar-refractivity contribution in [2.75, 3.05) is 32.5 Å². The Kier molecular flexibility index (Phi) is 4.95. The Labute approximate surface area is 122 Å². The highest BCUT2D eigenvalue weighted by molar-refractivity contribution is 7.99. The van der Waals surface area contributed by atoms with E-state index in [1.807, 2.05) is 0 Å². The van der Waals surface area contributed by atoms with Crippen LogP contribution in [0.2, 0.25) is 0 Å². The Balaban J connectivity index is 2.10. The Bertz CT molecular complexity index is 510. The van der Waals surface area contributed by atoms with Gasteiger partial charge in [0.1, 0.15) is 16.4 Å². The van der Waals surface area contributed by atoms with E-state index in [0.29, 0.717) is 22.3 Å². The highest BCUT2D eigenvalue weighted by Crippen LogP contribution is 2.24. The van der Waals surface area contributed by atoms with Gasteiger partial charge in [-0.3, -0.25) is 0 Å². The Morgan fingerprint density at radius 2 is 2.25 bits per heavy atom. The van der Waals surface area contributed by atoms with Crippen LogP contribution in [-0.2, 0) is 4.74 Å². The van der Waals surface area contributed by atoms with Crippen molar-refractivity contribution in [2.24, 2.45) is 0 Å². The molecule has 0 radical (unpaired) electrons. The molecule has 2 heterocycles. The van der Waals surface area contributed by atoms with Crippen LogP contribution in [0, 0.1) is 13.8 Å². The average molecular weight is 297 g/mol. The van der Waals surface area contributed by atoms with Crippen molar-refractivity contribution in [1.29, 1.82) is 0 Å². The molecule has 1 aliphatic rings. The van der Waals surface area contributed by atoms with E-state index in [4.69, 9.17) is 4.74 Å². The number of hydrogen-bond donors (Lipinski definition) is 1. The van der Waals surface area contributed by atoms with E-state index >= 15 is 0 Å². The second kappa shape index (κ2) is 6.51. The minimum absolute atomic E-state index is 0.107. The van der Waals surface area contributed by atoms with Crippen LogP contribution in [0.3, 0.4) is 0 Å². The van der Waals surface area contributed by atoms with Crippen molar-refractivity contribution >= 4 is 17.7 Å². The van der Waals surface area contributed by atoms with E-state index < -0.39 is 5.97 Å². The van der Waals surface area contributed by atoms with Crippen molar-refractivity contribution in [3.05, 3.63) is 17.1 Å². The quantitative estimate of drug-likeness (QED) is 0.661. The Hall–Kier alpha value is -1.18. The molecule has 0 saturated carbocycles. The molecule has 6 nitrogen and oxygen atoms in total. The van der Waals surface area contributed by atoms with Crippen LogP contribution < -0.4 is 0 Å². The molecule has 1 saturated heterocycles. The van der Waals surface area contributed by atoms with Crippen molar-refractivity contribution in [2.45, 2.75) is 25.0 Å². The molecule has 1 aromatic heterocycles. The van der Waals surface area contributed by atoms with Gasteiger partial charge in [0.05, 0.1) is 18.4 Å². The lowest BCUT2D eigenvalue weighted by molar-refractivity contribution is -0.00600. The maximum Gasteiger partial charge on any atom is 0.340 e. The van der Waals surface area contributed by atoms with E-state index in [9.17, 15) is 9.90 Å². The van der Waals surface area contributed by atoms with Crippen LogP contribution in [0.15, 0.2) is 5.03 Å². The van der Waals surface area contributed by atoms with Gasteiger partial charge in [-0.15, -0.1) is 11.8 Å². The van der Waals surface area contributed by atoms with Gasteiger partial charge in [0.15, 0.2) is 0 Å². The summed E-state index contributed by atoms with van der Waals surface area (Å²) < 4.78 is 5.68. The van der Waals surface area contributed by atoms with Crippen molar-refractivity contribution in [3.8, 4) is 0 Å². The topological polar surface area (TPSA) is 75.5 Å². The first-order valence-corrected chi connectivity index (χ1v) is 7.47. The van der Waals surface area contributed by atoms with Gasteiger partial charge < -0.3 is 14.7 Å². The van der Waals surface area contributed by atoms with Crippen LogP contribution >= 0.6 is 11.8 Å². The fourth-order valence-corrected chi connectivity index (χ4v) is 3.29. The molecule has 7 heteroatoms. The van der Waals surface area contributed by atoms with E-state index in [0.717, 1.165) is 19.7 Å². The van der Waals surface area contributed by atoms with Gasteiger partial charge in [-0.1, -0.05) is 0 Å². The zero-order chi connectivity index (χ0) is 14.7. The molecule has 0 bridgehead atoms. The number of carboxylic acid groups (broad SMARTS) is 1. The third-order valence-corrected chi connectivity index (χ3v) is 4.24. The molecule has 1 aliphatic heterocycles. The maximum atomic E-state index is 11.3. The van der Waals surface area contributed by atoms with Crippen molar-refractivity contribution in [1.82, 2.24) is 14.9 Å². The zero-order valence-electron chi connectivity index (χ0n) is 11.9. The lowest BCUT2D eigenvalue weighted by atomic mass is 10.2. The fourth-order valence-electron chi connectivity index (χ4n) is 2.17. The number of hydrogen-bond acceptors (Lipinski definition) is 6. The van der Waals surface area contributed by atoms with E-state index in [-0.39, 0.29) is 11.7 Å². The second-order valence-electron chi connectivity index (χ2n) is 4.91. The fraction of sp³-hybridized carbons (Fsp3) is 0.615. The molecule has 0 aromatic carbocycles. The third kappa shape index (κ3) is 3.68. The van der Waals surface area contributed by atoms with Gasteiger partial charge in [-0.2, -0.15) is 0 Å². The van der Waals surface area contributed by atoms with Crippen LogP contribution in [-0.4, -0.2) is 64.5 Å². The van der Waals surface area contributed by atoms with E-state index in [1.54, 1.807) is 13.8 Å². The molecule has 2 rings (SSSR count). The largest absolute Gasteiger partial charge is 0.478 e. The predicted octanol–water partition coefficient (Wildman–Crippen LogP) is 1.21. The summed E-state index contributed by atoms with van der Waals surface area (Å²) in [7, 11) is 2.06. The number of likely N-dealkylation sites (N-methyl/N-ethyl adjacent to an activating group) is 1. The standard InChI is InChI=1S/C13H19N3O3S/c1-8-11(13(17)18)12(15-9(2)14-8)20-7-10-6-16(3)4-5-19-10/h10H,4-7H2,1-3H3,(H,17,18). The summed E-state index contributed by atoms with van der Waals surface area (Å²) in [6, 6.07) is 0. The molecule has 1 atom stereocenters. The number of aromatic carboxylic acids is 1. The average Bonchev–Trinajstić information content (AvgIpc) is 2.35. The van der Waals surface area contributed by atoms with Crippen molar-refractivity contribution in [3.63, 3.8) is 0 Å². The third-order valence-electron chi connectivity index (χ3n) is 3.13. The number of aryl methyl sites for hydroxylation is 2. The summed E-state index contributed by atoms with van der Waals surface area (Å²) in [6.45, 7) is 5.99. The summed E-state index contributed by atoms with van der Waals surface area (Å²) in [5.41, 5.74) is 0.707. The maximum absolute atomic E-state index is 11.3. The first-order chi connectivity index (χ1) is 9.47. The number of rotatable bonds is 4. The van der Waals surface area contributed by atoms with Crippen LogP contribution in [0.5, 0.6) is 0 Å². The Morgan fingerprint density at radius 1 is 1.50 bits per heavy atom. The molecule has 1 N–H and O–H groups in total. The number of morpholine rings is 1. The highest BCUT2D eigenvalue weighted by atomic mass is 32.2. The van der Waals surface area contributed by atoms with Gasteiger partial charge in [0, 0.05) is 18.8 Å². The van der Waals surface area contributed by atoms with Gasteiger partial charge >= 0.3 is 5.97 Å². The molecule has 0 aliphatic carbocycles. The SMILES string of the molecule is Cc1nc(C)c(C(=O)O)c(SCC2CN(C)CCO2)n1. The lowest BCUT2D eigenvalue weighted by Crippen LogP contribution is -2.41. The molecule has 110 valence electrons. The summed E-state index contributed by atoms with van der Waals surface area (Å²) in [5, 5.41) is 9.81. The summed E-state index contributed by atoms with van der Waals surface area (Å²) in [4.78, 5) is 21.9. The number of carbonyl (C=O) groups is 1. The molecule has 0 spiro atoms. The number of thioether (sulfide) groups is 1. The predicted molar refractivity (Wildman–Crippen MR) is 76.4 cm³/mol. The monoisotopic (exact) mass is 297 g/mol. The molecule has 0 amide bonds. The minimum Gasteiger partial charge on any atom is -0.478 e. The Morgan fingerprint density at radius 3 is 2.90 bits per heavy atom. The molecule has 1 aromatic rings. The van der Waals surface area contributed by atoms with Crippen LogP contribution in [0.4, 0.5) is 0 Å².